The fraction of sp³-hybridized carbons (Fsp3) is 0.526. The molecule has 1 aromatic rings. The van der Waals surface area contributed by atoms with Crippen LogP contribution in [0.5, 0.6) is 5.75 Å². The van der Waals surface area contributed by atoms with Gasteiger partial charge in [-0.25, -0.2) is 0 Å². The summed E-state index contributed by atoms with van der Waals surface area (Å²) in [5.41, 5.74) is 2.48. The third-order valence-electron chi connectivity index (χ3n) is 5.98. The van der Waals surface area contributed by atoms with Gasteiger partial charge in [0, 0.05) is 11.1 Å². The van der Waals surface area contributed by atoms with Gasteiger partial charge in [0.1, 0.15) is 5.75 Å². The maximum atomic E-state index is 12.7. The number of fused-ring (bicyclic) bond motifs is 5. The van der Waals surface area contributed by atoms with E-state index < -0.39 is 12.0 Å². The number of carbonyl (C=O) groups is 3. The zero-order valence-electron chi connectivity index (χ0n) is 14.8. The number of hydrogen-bond acceptors (Lipinski definition) is 4. The molecule has 3 amide bonds. The molecule has 5 atom stereocenters. The summed E-state index contributed by atoms with van der Waals surface area (Å²) in [6.45, 7) is 1.77. The summed E-state index contributed by atoms with van der Waals surface area (Å²) in [6.07, 6.45) is 2.35. The number of hydrazine groups is 1. The highest BCUT2D eigenvalue weighted by Gasteiger charge is 2.61. The van der Waals surface area contributed by atoms with E-state index in [0.717, 1.165) is 24.3 Å². The molecule has 144 valence electrons. The van der Waals surface area contributed by atoms with Crippen LogP contribution in [0.25, 0.3) is 0 Å². The molecule has 3 fully saturated rings. The van der Waals surface area contributed by atoms with Gasteiger partial charge in [-0.15, -0.1) is 0 Å². The summed E-state index contributed by atoms with van der Waals surface area (Å²) in [7, 11) is 0. The van der Waals surface area contributed by atoms with Gasteiger partial charge >= 0.3 is 0 Å². The third-order valence-corrected chi connectivity index (χ3v) is 6.52. The highest BCUT2D eigenvalue weighted by molar-refractivity contribution is 6.34. The van der Waals surface area contributed by atoms with Crippen LogP contribution in [-0.4, -0.2) is 28.8 Å². The van der Waals surface area contributed by atoms with E-state index in [1.54, 1.807) is 19.1 Å². The lowest BCUT2D eigenvalue weighted by molar-refractivity contribution is -0.152. The van der Waals surface area contributed by atoms with Gasteiger partial charge in [-0.1, -0.05) is 30.1 Å². The summed E-state index contributed by atoms with van der Waals surface area (Å²) in [5.74, 6) is -0.881. The number of halogens is 2. The van der Waals surface area contributed by atoms with Crippen LogP contribution in [0.1, 0.15) is 32.6 Å². The molecule has 27 heavy (non-hydrogen) atoms. The van der Waals surface area contributed by atoms with Gasteiger partial charge < -0.3 is 4.74 Å². The fourth-order valence-corrected chi connectivity index (χ4v) is 5.07. The Kier molecular flexibility index (Phi) is 4.80. The molecule has 3 aliphatic rings. The second-order valence-corrected chi connectivity index (χ2v) is 8.31. The van der Waals surface area contributed by atoms with Crippen molar-refractivity contribution in [1.82, 2.24) is 10.4 Å². The van der Waals surface area contributed by atoms with Crippen LogP contribution < -0.4 is 10.2 Å². The van der Waals surface area contributed by atoms with Crippen molar-refractivity contribution in [2.75, 3.05) is 0 Å². The van der Waals surface area contributed by atoms with E-state index >= 15 is 0 Å². The van der Waals surface area contributed by atoms with Crippen LogP contribution in [0.4, 0.5) is 0 Å². The van der Waals surface area contributed by atoms with Crippen molar-refractivity contribution < 1.29 is 19.1 Å². The maximum Gasteiger partial charge on any atom is 0.279 e. The summed E-state index contributed by atoms with van der Waals surface area (Å²) in [5, 5.41) is 1.66. The van der Waals surface area contributed by atoms with Gasteiger partial charge in [-0.05, 0) is 49.7 Å². The number of rotatable bonds is 5. The molecule has 6 nitrogen and oxygen atoms in total. The number of nitrogens with one attached hydrogen (secondary N) is 1. The van der Waals surface area contributed by atoms with E-state index in [4.69, 9.17) is 27.9 Å². The Morgan fingerprint density at radius 1 is 1.22 bits per heavy atom. The van der Waals surface area contributed by atoms with Gasteiger partial charge in [-0.2, -0.15) is 5.01 Å². The van der Waals surface area contributed by atoms with Crippen LogP contribution in [0, 0.1) is 23.7 Å². The molecule has 0 aromatic heterocycles. The molecular weight excluding hydrogens is 391 g/mol. The largest absolute Gasteiger partial charge is 0.479 e. The molecule has 1 heterocycles. The highest BCUT2D eigenvalue weighted by atomic mass is 35.5. The zero-order chi connectivity index (χ0) is 19.3. The van der Waals surface area contributed by atoms with Crippen molar-refractivity contribution in [1.29, 1.82) is 0 Å². The normalized spacial score (nSPS) is 29.8. The number of amides is 3. The van der Waals surface area contributed by atoms with Crippen molar-refractivity contribution >= 4 is 40.9 Å². The number of imide groups is 1. The van der Waals surface area contributed by atoms with E-state index in [0.29, 0.717) is 16.5 Å². The molecule has 1 aromatic carbocycles. The first-order valence-corrected chi connectivity index (χ1v) is 9.96. The first-order chi connectivity index (χ1) is 12.9. The quantitative estimate of drug-likeness (QED) is 0.756. The van der Waals surface area contributed by atoms with Crippen molar-refractivity contribution in [2.24, 2.45) is 23.7 Å². The minimum absolute atomic E-state index is 0.266. The van der Waals surface area contributed by atoms with Gasteiger partial charge in [0.25, 0.3) is 17.7 Å². The van der Waals surface area contributed by atoms with Gasteiger partial charge in [0.15, 0.2) is 6.10 Å². The Bertz CT molecular complexity index is 787. The lowest BCUT2D eigenvalue weighted by Gasteiger charge is -2.22. The van der Waals surface area contributed by atoms with Gasteiger partial charge in [0.2, 0.25) is 0 Å². The molecule has 0 radical (unpaired) electrons. The minimum atomic E-state index is -0.904. The summed E-state index contributed by atoms with van der Waals surface area (Å²) in [4.78, 5) is 38.1. The number of benzene rings is 1. The summed E-state index contributed by atoms with van der Waals surface area (Å²) < 4.78 is 5.69. The van der Waals surface area contributed by atoms with Crippen LogP contribution >= 0.6 is 23.2 Å². The average molecular weight is 411 g/mol. The minimum Gasteiger partial charge on any atom is -0.479 e. The second-order valence-electron chi connectivity index (χ2n) is 7.46. The second kappa shape index (κ2) is 6.99. The predicted octanol–water partition coefficient (Wildman–Crippen LogP) is 3.21. The number of ether oxygens (including phenoxy) is 1. The standard InChI is InChI=1S/C19H20Cl2N2O4/c1-2-13(27-14-8-11(20)5-6-12(14)21)17(24)22-23-18(25)15-9-3-4-10(7-9)16(15)19(23)26/h5-6,8-10,13,15-16H,2-4,7H2,1H3,(H,22,24)/t9-,10+,13-,15-,16+/m0/s1. The molecule has 0 spiro atoms. The summed E-state index contributed by atoms with van der Waals surface area (Å²) >= 11 is 12.0. The lowest BCUT2D eigenvalue weighted by atomic mass is 9.81. The molecule has 2 aliphatic carbocycles. The molecule has 0 unspecified atom stereocenters. The van der Waals surface area contributed by atoms with E-state index in [1.165, 1.54) is 6.07 Å². The SMILES string of the molecule is CC[C@H](Oc1cc(Cl)ccc1Cl)C(=O)NN1C(=O)[C@@H]2[C@@H]3CC[C@@H](C3)[C@@H]2C1=O. The van der Waals surface area contributed by atoms with E-state index in [2.05, 4.69) is 5.43 Å². The molecule has 1 aliphatic heterocycles. The van der Waals surface area contributed by atoms with Crippen molar-refractivity contribution in [3.8, 4) is 5.75 Å². The number of hydrogen-bond donors (Lipinski definition) is 1. The molecule has 2 bridgehead atoms. The Morgan fingerprint density at radius 2 is 1.85 bits per heavy atom. The summed E-state index contributed by atoms with van der Waals surface area (Å²) in [6, 6.07) is 4.72. The first-order valence-electron chi connectivity index (χ1n) is 9.20. The smallest absolute Gasteiger partial charge is 0.279 e. The zero-order valence-corrected chi connectivity index (χ0v) is 16.3. The number of nitrogens with zero attached hydrogens (tertiary/aromatic N) is 1. The first kappa shape index (κ1) is 18.6. The Balaban J connectivity index is 1.47. The Morgan fingerprint density at radius 3 is 2.44 bits per heavy atom. The predicted molar refractivity (Wildman–Crippen MR) is 99.0 cm³/mol. The molecule has 1 saturated heterocycles. The highest BCUT2D eigenvalue weighted by Crippen LogP contribution is 2.55. The molecular formula is C19H20Cl2N2O4. The Labute approximate surface area is 167 Å². The van der Waals surface area contributed by atoms with E-state index in [1.807, 2.05) is 0 Å². The number of carbonyl (C=O) groups excluding carboxylic acids is 3. The topological polar surface area (TPSA) is 75.7 Å². The van der Waals surface area contributed by atoms with Gasteiger partial charge in [-0.3, -0.25) is 19.8 Å². The molecule has 2 saturated carbocycles. The van der Waals surface area contributed by atoms with Crippen molar-refractivity contribution in [3.63, 3.8) is 0 Å². The third kappa shape index (κ3) is 3.09. The molecule has 1 N–H and O–H groups in total. The molecule has 8 heteroatoms. The average Bonchev–Trinajstić information content (AvgIpc) is 3.32. The maximum absolute atomic E-state index is 12.7. The van der Waals surface area contributed by atoms with Crippen LogP contribution in [-0.2, 0) is 14.4 Å². The Hall–Kier alpha value is -1.79. The van der Waals surface area contributed by atoms with Crippen LogP contribution in [0.2, 0.25) is 10.0 Å². The van der Waals surface area contributed by atoms with Crippen LogP contribution in [0.15, 0.2) is 18.2 Å². The van der Waals surface area contributed by atoms with Crippen LogP contribution in [0.3, 0.4) is 0 Å². The van der Waals surface area contributed by atoms with E-state index in [9.17, 15) is 14.4 Å². The van der Waals surface area contributed by atoms with Crippen molar-refractivity contribution in [2.45, 2.75) is 38.7 Å². The fourth-order valence-electron chi connectivity index (χ4n) is 4.74. The molecule has 4 rings (SSSR count). The van der Waals surface area contributed by atoms with Crippen molar-refractivity contribution in [3.05, 3.63) is 28.2 Å². The van der Waals surface area contributed by atoms with E-state index in [-0.39, 0.29) is 41.2 Å². The lowest BCUT2D eigenvalue weighted by Crippen LogP contribution is -2.51. The monoisotopic (exact) mass is 410 g/mol. The van der Waals surface area contributed by atoms with Gasteiger partial charge in [0.05, 0.1) is 16.9 Å².